The van der Waals surface area contributed by atoms with Gasteiger partial charge in [0.2, 0.25) is 11.8 Å². The number of amides is 2. The summed E-state index contributed by atoms with van der Waals surface area (Å²) in [6, 6.07) is 17.0. The van der Waals surface area contributed by atoms with Gasteiger partial charge in [-0.05, 0) is 67.9 Å². The summed E-state index contributed by atoms with van der Waals surface area (Å²) in [6.07, 6.45) is 3.46. The molecule has 3 saturated heterocycles. The molecule has 2 aromatic rings. The molecule has 0 aliphatic carbocycles. The third-order valence-corrected chi connectivity index (χ3v) is 8.58. The van der Waals surface area contributed by atoms with E-state index in [0.717, 1.165) is 44.0 Å². The summed E-state index contributed by atoms with van der Waals surface area (Å²) in [5, 5.41) is 14.1. The third kappa shape index (κ3) is 6.13. The summed E-state index contributed by atoms with van der Waals surface area (Å²) in [7, 11) is 0. The van der Waals surface area contributed by atoms with Crippen LogP contribution in [0.25, 0.3) is 0 Å². The first kappa shape index (κ1) is 27.6. The maximum absolute atomic E-state index is 13.8. The van der Waals surface area contributed by atoms with Crippen LogP contribution in [-0.2, 0) is 20.9 Å². The second-order valence-corrected chi connectivity index (χ2v) is 11.1. The first-order valence-corrected chi connectivity index (χ1v) is 14.4. The van der Waals surface area contributed by atoms with E-state index in [2.05, 4.69) is 29.3 Å². The number of nitrogens with zero attached hydrogens (tertiary/aromatic N) is 2. The molecule has 5 rings (SSSR count). The Morgan fingerprint density at radius 1 is 1.03 bits per heavy atom. The van der Waals surface area contributed by atoms with Gasteiger partial charge >= 0.3 is 0 Å². The molecule has 0 aromatic heterocycles. The van der Waals surface area contributed by atoms with Gasteiger partial charge < -0.3 is 24.8 Å². The van der Waals surface area contributed by atoms with Crippen molar-refractivity contribution in [2.24, 2.45) is 5.92 Å². The van der Waals surface area contributed by atoms with E-state index in [1.165, 1.54) is 5.56 Å². The van der Waals surface area contributed by atoms with Crippen LogP contribution in [0.5, 0.6) is 11.5 Å². The number of aliphatic hydroxyl groups is 1. The van der Waals surface area contributed by atoms with Crippen LogP contribution in [0.4, 0.5) is 0 Å². The number of rotatable bonds is 9. The van der Waals surface area contributed by atoms with Crippen molar-refractivity contribution >= 4 is 11.8 Å². The van der Waals surface area contributed by atoms with Crippen LogP contribution in [-0.4, -0.2) is 77.3 Å². The van der Waals surface area contributed by atoms with Crippen LogP contribution >= 0.6 is 0 Å². The number of nitrogens with one attached hydrogen (secondary N) is 1. The molecule has 3 aliphatic rings. The Bertz CT molecular complexity index is 1090. The van der Waals surface area contributed by atoms with E-state index in [4.69, 9.17) is 9.47 Å². The zero-order valence-electron chi connectivity index (χ0n) is 22.9. The quantitative estimate of drug-likeness (QED) is 0.509. The average Bonchev–Trinajstić information content (AvgIpc) is 2.98. The summed E-state index contributed by atoms with van der Waals surface area (Å²) in [4.78, 5) is 31.6. The molecule has 2 amide bonds. The van der Waals surface area contributed by atoms with Crippen molar-refractivity contribution in [1.29, 1.82) is 0 Å². The number of hydrogen-bond acceptors (Lipinski definition) is 6. The highest BCUT2D eigenvalue weighted by atomic mass is 16.5. The monoisotopic (exact) mass is 535 g/mol. The van der Waals surface area contributed by atoms with Crippen molar-refractivity contribution in [3.63, 3.8) is 0 Å². The number of ether oxygens (including phenoxy) is 2. The molecule has 2 N–H and O–H groups in total. The van der Waals surface area contributed by atoms with Crippen molar-refractivity contribution in [1.82, 2.24) is 15.1 Å². The van der Waals surface area contributed by atoms with Gasteiger partial charge in [0.15, 0.2) is 0 Å². The Balaban J connectivity index is 1.22. The molecule has 2 atom stereocenters. The standard InChI is InChI=1S/C31H41N3O5/c1-2-3-17-34-29(36)27(28(35)24-13-20-38-21-14-24)32-30(37)31(34)15-18-33(19-16-31)22-23-9-11-26(12-10-23)39-25-7-5-4-6-8-25/h4-12,24,27-28,35H,2-3,13-22H2,1H3,(H,32,37)/t27-,28-/m1/s1. The van der Waals surface area contributed by atoms with Crippen LogP contribution in [0.2, 0.25) is 0 Å². The molecule has 0 bridgehead atoms. The molecule has 8 heteroatoms. The smallest absolute Gasteiger partial charge is 0.248 e. The van der Waals surface area contributed by atoms with E-state index in [-0.39, 0.29) is 17.7 Å². The van der Waals surface area contributed by atoms with Crippen LogP contribution in [0.1, 0.15) is 51.0 Å². The highest BCUT2D eigenvalue weighted by Crippen LogP contribution is 2.35. The SMILES string of the molecule is CCCCN1C(=O)[C@@H]([C@H](O)C2CCOCC2)NC(=O)C12CCN(Cc1ccc(Oc3ccccc3)cc1)CC2. The molecule has 3 aliphatic heterocycles. The molecule has 0 unspecified atom stereocenters. The van der Waals surface area contributed by atoms with Gasteiger partial charge in [0.1, 0.15) is 23.1 Å². The van der Waals surface area contributed by atoms with E-state index in [9.17, 15) is 14.7 Å². The molecule has 0 saturated carbocycles. The van der Waals surface area contributed by atoms with Gasteiger partial charge in [-0.15, -0.1) is 0 Å². The molecule has 0 radical (unpaired) electrons. The third-order valence-electron chi connectivity index (χ3n) is 8.58. The second kappa shape index (κ2) is 12.5. The minimum atomic E-state index is -0.888. The largest absolute Gasteiger partial charge is 0.457 e. The summed E-state index contributed by atoms with van der Waals surface area (Å²) in [5.41, 5.74) is 0.334. The fourth-order valence-electron chi connectivity index (χ4n) is 6.16. The maximum atomic E-state index is 13.8. The van der Waals surface area contributed by atoms with Gasteiger partial charge in [0.05, 0.1) is 6.10 Å². The number of hydrogen-bond donors (Lipinski definition) is 2. The highest BCUT2D eigenvalue weighted by Gasteiger charge is 2.55. The summed E-state index contributed by atoms with van der Waals surface area (Å²) >= 11 is 0. The Hall–Kier alpha value is -2.94. The van der Waals surface area contributed by atoms with E-state index in [1.807, 2.05) is 47.4 Å². The lowest BCUT2D eigenvalue weighted by Gasteiger charge is -2.52. The number of piperazine rings is 1. The predicted octanol–water partition coefficient (Wildman–Crippen LogP) is 3.73. The van der Waals surface area contributed by atoms with Crippen molar-refractivity contribution < 1.29 is 24.2 Å². The lowest BCUT2D eigenvalue weighted by atomic mass is 9.79. The predicted molar refractivity (Wildman–Crippen MR) is 148 cm³/mol. The minimum absolute atomic E-state index is 0.0404. The first-order valence-electron chi connectivity index (χ1n) is 14.4. The van der Waals surface area contributed by atoms with Gasteiger partial charge in [0.25, 0.3) is 0 Å². The fraction of sp³-hybridized carbons (Fsp3) is 0.548. The lowest BCUT2D eigenvalue weighted by molar-refractivity contribution is -0.166. The molecule has 210 valence electrons. The maximum Gasteiger partial charge on any atom is 0.248 e. The van der Waals surface area contributed by atoms with E-state index < -0.39 is 17.7 Å². The van der Waals surface area contributed by atoms with E-state index >= 15 is 0 Å². The number of carbonyl (C=O) groups excluding carboxylic acids is 2. The molecular weight excluding hydrogens is 494 g/mol. The molecule has 3 fully saturated rings. The molecule has 39 heavy (non-hydrogen) atoms. The number of para-hydroxylation sites is 1. The Labute approximate surface area is 231 Å². The van der Waals surface area contributed by atoms with Crippen LogP contribution in [0.15, 0.2) is 54.6 Å². The Morgan fingerprint density at radius 2 is 1.69 bits per heavy atom. The second-order valence-electron chi connectivity index (χ2n) is 11.1. The van der Waals surface area contributed by atoms with Crippen molar-refractivity contribution in [2.45, 2.75) is 69.7 Å². The number of piperidine rings is 1. The molecule has 2 aromatic carbocycles. The van der Waals surface area contributed by atoms with Gasteiger partial charge in [-0.2, -0.15) is 0 Å². The highest BCUT2D eigenvalue weighted by molar-refractivity contribution is 6.00. The van der Waals surface area contributed by atoms with Crippen LogP contribution < -0.4 is 10.1 Å². The van der Waals surface area contributed by atoms with Gasteiger partial charge in [-0.1, -0.05) is 43.7 Å². The van der Waals surface area contributed by atoms with Gasteiger partial charge in [-0.25, -0.2) is 0 Å². The minimum Gasteiger partial charge on any atom is -0.457 e. The Morgan fingerprint density at radius 3 is 2.36 bits per heavy atom. The zero-order valence-corrected chi connectivity index (χ0v) is 22.9. The summed E-state index contributed by atoms with van der Waals surface area (Å²) in [6.45, 7) is 6.02. The molecule has 1 spiro atoms. The Kier molecular flexibility index (Phi) is 8.85. The van der Waals surface area contributed by atoms with Gasteiger partial charge in [-0.3, -0.25) is 14.5 Å². The van der Waals surface area contributed by atoms with Gasteiger partial charge in [0, 0.05) is 39.4 Å². The van der Waals surface area contributed by atoms with Crippen molar-refractivity contribution in [3.8, 4) is 11.5 Å². The van der Waals surface area contributed by atoms with Crippen molar-refractivity contribution in [3.05, 3.63) is 60.2 Å². The topological polar surface area (TPSA) is 91.3 Å². The summed E-state index contributed by atoms with van der Waals surface area (Å²) < 4.78 is 11.3. The number of unbranched alkanes of at least 4 members (excludes halogenated alkanes) is 1. The molecule has 8 nitrogen and oxygen atoms in total. The van der Waals surface area contributed by atoms with Crippen LogP contribution in [0, 0.1) is 5.92 Å². The normalized spacial score (nSPS) is 23.0. The van der Waals surface area contributed by atoms with E-state index in [0.29, 0.717) is 45.4 Å². The van der Waals surface area contributed by atoms with Crippen molar-refractivity contribution in [2.75, 3.05) is 32.8 Å². The zero-order chi connectivity index (χ0) is 27.2. The molecular formula is C31H41N3O5. The average molecular weight is 536 g/mol. The number of aliphatic hydroxyl groups excluding tert-OH is 1. The van der Waals surface area contributed by atoms with E-state index in [1.54, 1.807) is 0 Å². The summed E-state index contributed by atoms with van der Waals surface area (Å²) in [5.74, 6) is 1.31. The lowest BCUT2D eigenvalue weighted by Crippen LogP contribution is -2.75. The van der Waals surface area contributed by atoms with Crippen LogP contribution in [0.3, 0.4) is 0 Å². The first-order chi connectivity index (χ1) is 19.0. The molecule has 3 heterocycles. The number of carbonyl (C=O) groups is 2. The number of benzene rings is 2. The number of likely N-dealkylation sites (tertiary alicyclic amines) is 1. The fourth-order valence-corrected chi connectivity index (χ4v) is 6.16.